The Kier molecular flexibility index (Phi) is 7.18. The van der Waals surface area contributed by atoms with Gasteiger partial charge in [-0.3, -0.25) is 4.79 Å². The van der Waals surface area contributed by atoms with Gasteiger partial charge in [-0.1, -0.05) is 25.4 Å². The SMILES string of the molecule is CCOc1ccc(S(=O)(=O)N(CC)CC)cc1NC(=O)c1ccnc(Cl)c1. The number of rotatable bonds is 8. The van der Waals surface area contributed by atoms with E-state index in [2.05, 4.69) is 10.3 Å². The number of halogens is 1. The lowest BCUT2D eigenvalue weighted by Gasteiger charge is -2.20. The molecule has 0 saturated carbocycles. The number of benzene rings is 1. The Morgan fingerprint density at radius 2 is 1.89 bits per heavy atom. The van der Waals surface area contributed by atoms with Gasteiger partial charge in [0.1, 0.15) is 10.9 Å². The second-order valence-corrected chi connectivity index (χ2v) is 7.83. The predicted octanol–water partition coefficient (Wildman–Crippen LogP) is 3.42. The molecule has 7 nitrogen and oxygen atoms in total. The second-order valence-electron chi connectivity index (χ2n) is 5.50. The summed E-state index contributed by atoms with van der Waals surface area (Å²) in [5.41, 5.74) is 0.567. The van der Waals surface area contributed by atoms with E-state index in [1.165, 1.54) is 40.8 Å². The number of carbonyl (C=O) groups is 1. The van der Waals surface area contributed by atoms with Gasteiger partial charge in [0.15, 0.2) is 0 Å². The summed E-state index contributed by atoms with van der Waals surface area (Å²) in [6.07, 6.45) is 1.42. The number of sulfonamides is 1. The lowest BCUT2D eigenvalue weighted by molar-refractivity contribution is 0.102. The zero-order valence-corrected chi connectivity index (χ0v) is 17.0. The molecule has 0 aliphatic rings. The van der Waals surface area contributed by atoms with E-state index in [4.69, 9.17) is 16.3 Å². The van der Waals surface area contributed by atoms with Crippen LogP contribution < -0.4 is 10.1 Å². The van der Waals surface area contributed by atoms with Crippen LogP contribution in [-0.4, -0.2) is 43.3 Å². The fraction of sp³-hybridized carbons (Fsp3) is 0.333. The largest absolute Gasteiger partial charge is 0.492 e. The number of hydrogen-bond donors (Lipinski definition) is 1. The van der Waals surface area contributed by atoms with Crippen LogP contribution in [0.2, 0.25) is 5.15 Å². The van der Waals surface area contributed by atoms with E-state index in [0.29, 0.717) is 31.0 Å². The molecule has 0 atom stereocenters. The first-order valence-corrected chi connectivity index (χ1v) is 10.3. The monoisotopic (exact) mass is 411 g/mol. The predicted molar refractivity (Wildman–Crippen MR) is 105 cm³/mol. The molecule has 0 aliphatic heterocycles. The second kappa shape index (κ2) is 9.16. The molecule has 0 radical (unpaired) electrons. The minimum atomic E-state index is -3.67. The average Bonchev–Trinajstić information content (AvgIpc) is 2.64. The maximum atomic E-state index is 12.8. The number of pyridine rings is 1. The molecule has 9 heteroatoms. The molecule has 1 amide bonds. The Bertz CT molecular complexity index is 915. The Balaban J connectivity index is 2.42. The van der Waals surface area contributed by atoms with E-state index in [1.54, 1.807) is 20.8 Å². The summed E-state index contributed by atoms with van der Waals surface area (Å²) in [6.45, 7) is 6.41. The van der Waals surface area contributed by atoms with Crippen molar-refractivity contribution in [3.63, 3.8) is 0 Å². The number of ether oxygens (including phenoxy) is 1. The summed E-state index contributed by atoms with van der Waals surface area (Å²) in [4.78, 5) is 16.4. The number of amides is 1. The van der Waals surface area contributed by atoms with Crippen molar-refractivity contribution in [1.82, 2.24) is 9.29 Å². The summed E-state index contributed by atoms with van der Waals surface area (Å²) in [5.74, 6) is -0.0675. The highest BCUT2D eigenvalue weighted by Gasteiger charge is 2.23. The summed E-state index contributed by atoms with van der Waals surface area (Å²) in [6, 6.07) is 7.35. The maximum absolute atomic E-state index is 12.8. The molecule has 27 heavy (non-hydrogen) atoms. The van der Waals surface area contributed by atoms with Crippen molar-refractivity contribution in [3.8, 4) is 5.75 Å². The van der Waals surface area contributed by atoms with E-state index in [1.807, 2.05) is 0 Å². The molecule has 2 aromatic rings. The van der Waals surface area contributed by atoms with Crippen LogP contribution in [0, 0.1) is 0 Å². The molecule has 1 aromatic heterocycles. The molecule has 1 aromatic carbocycles. The van der Waals surface area contributed by atoms with Gasteiger partial charge in [0.2, 0.25) is 10.0 Å². The lowest BCUT2D eigenvalue weighted by Crippen LogP contribution is -2.30. The quantitative estimate of drug-likeness (QED) is 0.672. The van der Waals surface area contributed by atoms with Crippen molar-refractivity contribution < 1.29 is 17.9 Å². The third kappa shape index (κ3) is 4.97. The molecule has 146 valence electrons. The molecule has 0 spiro atoms. The van der Waals surface area contributed by atoms with E-state index in [-0.39, 0.29) is 15.7 Å². The minimum absolute atomic E-state index is 0.0812. The first-order valence-electron chi connectivity index (χ1n) is 8.53. The molecule has 0 fully saturated rings. The van der Waals surface area contributed by atoms with Gasteiger partial charge >= 0.3 is 0 Å². The number of anilines is 1. The smallest absolute Gasteiger partial charge is 0.255 e. The maximum Gasteiger partial charge on any atom is 0.255 e. The van der Waals surface area contributed by atoms with Gasteiger partial charge in [-0.25, -0.2) is 13.4 Å². The summed E-state index contributed by atoms with van der Waals surface area (Å²) in [7, 11) is -3.67. The van der Waals surface area contributed by atoms with Crippen LogP contribution in [-0.2, 0) is 10.0 Å². The number of nitrogens with one attached hydrogen (secondary N) is 1. The summed E-state index contributed by atoms with van der Waals surface area (Å²) in [5, 5.41) is 2.88. The van der Waals surface area contributed by atoms with E-state index < -0.39 is 15.9 Å². The number of nitrogens with zero attached hydrogens (tertiary/aromatic N) is 2. The standard InChI is InChI=1S/C18H22ClN3O4S/c1-4-22(5-2)27(24,25)14-7-8-16(26-6-3)15(12-14)21-18(23)13-9-10-20-17(19)11-13/h7-12H,4-6H2,1-3H3,(H,21,23). The van der Waals surface area contributed by atoms with Crippen LogP contribution >= 0.6 is 11.6 Å². The highest BCUT2D eigenvalue weighted by atomic mass is 35.5. The first kappa shape index (κ1) is 21.1. The van der Waals surface area contributed by atoms with Crippen molar-refractivity contribution >= 4 is 33.2 Å². The molecular formula is C18H22ClN3O4S. The Morgan fingerprint density at radius 1 is 1.19 bits per heavy atom. The van der Waals surface area contributed by atoms with Gasteiger partial charge in [-0.2, -0.15) is 4.31 Å². The number of hydrogen-bond acceptors (Lipinski definition) is 5. The van der Waals surface area contributed by atoms with E-state index in [9.17, 15) is 13.2 Å². The first-order chi connectivity index (χ1) is 12.8. The number of carbonyl (C=O) groups excluding carboxylic acids is 1. The van der Waals surface area contributed by atoms with Crippen molar-refractivity contribution in [2.75, 3.05) is 25.0 Å². The molecule has 1 heterocycles. The summed E-state index contributed by atoms with van der Waals surface area (Å²) < 4.78 is 32.4. The van der Waals surface area contributed by atoms with Crippen LogP contribution in [0.3, 0.4) is 0 Å². The molecule has 0 unspecified atom stereocenters. The van der Waals surface area contributed by atoms with Crippen molar-refractivity contribution in [1.29, 1.82) is 0 Å². The molecule has 0 bridgehead atoms. The third-order valence-corrected chi connectivity index (χ3v) is 6.08. The van der Waals surface area contributed by atoms with Crippen LogP contribution in [0.25, 0.3) is 0 Å². The zero-order chi connectivity index (χ0) is 20.0. The van der Waals surface area contributed by atoms with Gasteiger partial charge in [0.05, 0.1) is 17.2 Å². The van der Waals surface area contributed by atoms with E-state index >= 15 is 0 Å². The van der Waals surface area contributed by atoms with Crippen LogP contribution in [0.5, 0.6) is 5.75 Å². The van der Waals surface area contributed by atoms with Crippen LogP contribution in [0.4, 0.5) is 5.69 Å². The Hall–Kier alpha value is -2.16. The lowest BCUT2D eigenvalue weighted by atomic mass is 10.2. The van der Waals surface area contributed by atoms with Gasteiger partial charge in [0.25, 0.3) is 5.91 Å². The van der Waals surface area contributed by atoms with Gasteiger partial charge in [-0.05, 0) is 37.3 Å². The van der Waals surface area contributed by atoms with Crippen LogP contribution in [0.15, 0.2) is 41.4 Å². The highest BCUT2D eigenvalue weighted by molar-refractivity contribution is 7.89. The zero-order valence-electron chi connectivity index (χ0n) is 15.4. The van der Waals surface area contributed by atoms with Crippen LogP contribution in [0.1, 0.15) is 31.1 Å². The topological polar surface area (TPSA) is 88.6 Å². The molecule has 1 N–H and O–H groups in total. The Labute approximate surface area is 164 Å². The number of aromatic nitrogens is 1. The fourth-order valence-electron chi connectivity index (χ4n) is 2.50. The molecule has 2 rings (SSSR count). The summed E-state index contributed by atoms with van der Waals surface area (Å²) >= 11 is 5.82. The highest BCUT2D eigenvalue weighted by Crippen LogP contribution is 2.30. The minimum Gasteiger partial charge on any atom is -0.492 e. The van der Waals surface area contributed by atoms with Crippen molar-refractivity contribution in [3.05, 3.63) is 47.2 Å². The fourth-order valence-corrected chi connectivity index (χ4v) is 4.16. The van der Waals surface area contributed by atoms with Gasteiger partial charge in [-0.15, -0.1) is 0 Å². The molecule has 0 aliphatic carbocycles. The Morgan fingerprint density at radius 3 is 2.48 bits per heavy atom. The van der Waals surface area contributed by atoms with Gasteiger partial charge < -0.3 is 10.1 Å². The normalized spacial score (nSPS) is 11.4. The van der Waals surface area contributed by atoms with Crippen molar-refractivity contribution in [2.45, 2.75) is 25.7 Å². The van der Waals surface area contributed by atoms with Crippen molar-refractivity contribution in [2.24, 2.45) is 0 Å². The average molecular weight is 412 g/mol. The third-order valence-electron chi connectivity index (χ3n) is 3.83. The van der Waals surface area contributed by atoms with Gasteiger partial charge in [0, 0.05) is 24.8 Å². The molecule has 0 saturated heterocycles. The molecular weight excluding hydrogens is 390 g/mol. The van der Waals surface area contributed by atoms with E-state index in [0.717, 1.165) is 0 Å².